The van der Waals surface area contributed by atoms with Gasteiger partial charge in [0.2, 0.25) is 0 Å². The fourth-order valence-corrected chi connectivity index (χ4v) is 1.47. The molecule has 1 aromatic carbocycles. The molecule has 0 saturated carbocycles. The van der Waals surface area contributed by atoms with Gasteiger partial charge in [-0.05, 0) is 24.3 Å². The Labute approximate surface area is 92.8 Å². The van der Waals surface area contributed by atoms with Crippen molar-refractivity contribution in [1.29, 1.82) is 5.26 Å². The largest absolute Gasteiger partial charge is 0.479 e. The summed E-state index contributed by atoms with van der Waals surface area (Å²) in [4.78, 5) is 12.8. The lowest BCUT2D eigenvalue weighted by molar-refractivity contribution is 0.181. The number of anilines is 1. The Morgan fingerprint density at radius 2 is 2.19 bits per heavy atom. The van der Waals surface area contributed by atoms with E-state index in [4.69, 9.17) is 14.7 Å². The van der Waals surface area contributed by atoms with E-state index in [2.05, 4.69) is 0 Å². The smallest absolute Gasteiger partial charge is 0.414 e. The normalized spacial score (nSPS) is 14.4. The third kappa shape index (κ3) is 2.06. The van der Waals surface area contributed by atoms with Crippen LogP contribution in [0.25, 0.3) is 0 Å². The Balaban J connectivity index is 2.07. The highest BCUT2D eigenvalue weighted by molar-refractivity contribution is 5.89. The van der Waals surface area contributed by atoms with Crippen molar-refractivity contribution in [3.63, 3.8) is 0 Å². The second-order valence-electron chi connectivity index (χ2n) is 3.21. The SMILES string of the molecule is N#CCOc1ccc(N2CCOC2=O)cc1. The molecular formula is C11H10N2O3. The second-order valence-corrected chi connectivity index (χ2v) is 3.21. The van der Waals surface area contributed by atoms with Crippen molar-refractivity contribution in [1.82, 2.24) is 0 Å². The summed E-state index contributed by atoms with van der Waals surface area (Å²) in [6, 6.07) is 8.85. The summed E-state index contributed by atoms with van der Waals surface area (Å²) in [6.45, 7) is 1.01. The number of rotatable bonds is 3. The molecule has 1 aliphatic rings. The molecule has 0 aliphatic carbocycles. The summed E-state index contributed by atoms with van der Waals surface area (Å²) in [7, 11) is 0. The van der Waals surface area contributed by atoms with Gasteiger partial charge in [0.15, 0.2) is 6.61 Å². The van der Waals surface area contributed by atoms with Gasteiger partial charge in [-0.2, -0.15) is 5.26 Å². The van der Waals surface area contributed by atoms with E-state index in [-0.39, 0.29) is 12.7 Å². The monoisotopic (exact) mass is 218 g/mol. The van der Waals surface area contributed by atoms with E-state index in [0.29, 0.717) is 18.9 Å². The van der Waals surface area contributed by atoms with Crippen LogP contribution in [-0.4, -0.2) is 25.9 Å². The molecule has 1 amide bonds. The van der Waals surface area contributed by atoms with Crippen LogP contribution in [-0.2, 0) is 4.74 Å². The number of carbonyl (C=O) groups is 1. The summed E-state index contributed by atoms with van der Waals surface area (Å²) in [5, 5.41) is 8.35. The zero-order valence-corrected chi connectivity index (χ0v) is 8.55. The number of nitriles is 1. The van der Waals surface area contributed by atoms with Gasteiger partial charge in [0.05, 0.1) is 6.54 Å². The molecule has 1 heterocycles. The van der Waals surface area contributed by atoms with Crippen LogP contribution in [0.5, 0.6) is 5.75 Å². The molecule has 1 fully saturated rings. The predicted molar refractivity (Wildman–Crippen MR) is 56.2 cm³/mol. The molecule has 82 valence electrons. The highest BCUT2D eigenvalue weighted by Crippen LogP contribution is 2.21. The molecular weight excluding hydrogens is 208 g/mol. The van der Waals surface area contributed by atoms with Crippen molar-refractivity contribution in [3.8, 4) is 11.8 Å². The van der Waals surface area contributed by atoms with E-state index in [1.165, 1.54) is 0 Å². The molecule has 1 aromatic rings. The number of hydrogen-bond donors (Lipinski definition) is 0. The first-order chi connectivity index (χ1) is 7.81. The van der Waals surface area contributed by atoms with Crippen LogP contribution in [0.3, 0.4) is 0 Å². The Morgan fingerprint density at radius 1 is 1.44 bits per heavy atom. The first-order valence-electron chi connectivity index (χ1n) is 4.85. The molecule has 0 spiro atoms. The van der Waals surface area contributed by atoms with Gasteiger partial charge in [0.25, 0.3) is 0 Å². The third-order valence-electron chi connectivity index (χ3n) is 2.21. The van der Waals surface area contributed by atoms with Crippen LogP contribution >= 0.6 is 0 Å². The quantitative estimate of drug-likeness (QED) is 0.772. The van der Waals surface area contributed by atoms with Crippen LogP contribution in [0.2, 0.25) is 0 Å². The van der Waals surface area contributed by atoms with E-state index < -0.39 is 0 Å². The minimum atomic E-state index is -0.328. The van der Waals surface area contributed by atoms with Crippen molar-refractivity contribution >= 4 is 11.8 Å². The summed E-state index contributed by atoms with van der Waals surface area (Å²) in [5.41, 5.74) is 0.770. The first-order valence-corrected chi connectivity index (χ1v) is 4.85. The average Bonchev–Trinajstić information content (AvgIpc) is 2.74. The maximum absolute atomic E-state index is 11.3. The van der Waals surface area contributed by atoms with Crippen LogP contribution in [0.4, 0.5) is 10.5 Å². The molecule has 5 nitrogen and oxygen atoms in total. The molecule has 0 atom stereocenters. The number of nitrogens with zero attached hydrogens (tertiary/aromatic N) is 2. The first kappa shape index (κ1) is 10.3. The van der Waals surface area contributed by atoms with Gasteiger partial charge in [-0.15, -0.1) is 0 Å². The molecule has 5 heteroatoms. The number of hydrogen-bond acceptors (Lipinski definition) is 4. The number of cyclic esters (lactones) is 1. The third-order valence-corrected chi connectivity index (χ3v) is 2.21. The lowest BCUT2D eigenvalue weighted by Crippen LogP contribution is -2.23. The molecule has 0 unspecified atom stereocenters. The number of benzene rings is 1. The number of ether oxygens (including phenoxy) is 2. The standard InChI is InChI=1S/C11H10N2O3/c12-5-7-15-10-3-1-9(2-4-10)13-6-8-16-11(13)14/h1-4H,6-8H2. The van der Waals surface area contributed by atoms with E-state index in [1.807, 2.05) is 6.07 Å². The highest BCUT2D eigenvalue weighted by atomic mass is 16.6. The molecule has 2 rings (SSSR count). The Kier molecular flexibility index (Phi) is 2.92. The number of amides is 1. The van der Waals surface area contributed by atoms with Crippen LogP contribution in [0.1, 0.15) is 0 Å². The van der Waals surface area contributed by atoms with Crippen LogP contribution in [0, 0.1) is 11.3 Å². The lowest BCUT2D eigenvalue weighted by atomic mass is 10.3. The molecule has 1 saturated heterocycles. The Bertz CT molecular complexity index is 422. The Hall–Kier alpha value is -2.22. The van der Waals surface area contributed by atoms with E-state index in [1.54, 1.807) is 29.2 Å². The van der Waals surface area contributed by atoms with Crippen molar-refractivity contribution < 1.29 is 14.3 Å². The summed E-state index contributed by atoms with van der Waals surface area (Å²) in [6.07, 6.45) is -0.328. The van der Waals surface area contributed by atoms with Gasteiger partial charge >= 0.3 is 6.09 Å². The Morgan fingerprint density at radius 3 is 2.75 bits per heavy atom. The van der Waals surface area contributed by atoms with E-state index in [0.717, 1.165) is 5.69 Å². The van der Waals surface area contributed by atoms with E-state index in [9.17, 15) is 4.79 Å². The summed E-state index contributed by atoms with van der Waals surface area (Å²) < 4.78 is 9.93. The highest BCUT2D eigenvalue weighted by Gasteiger charge is 2.23. The van der Waals surface area contributed by atoms with Gasteiger partial charge in [-0.1, -0.05) is 0 Å². The second kappa shape index (κ2) is 4.53. The average molecular weight is 218 g/mol. The molecule has 0 bridgehead atoms. The van der Waals surface area contributed by atoms with Gasteiger partial charge in [-0.3, -0.25) is 4.90 Å². The fraction of sp³-hybridized carbons (Fsp3) is 0.273. The van der Waals surface area contributed by atoms with Gasteiger partial charge < -0.3 is 9.47 Å². The van der Waals surface area contributed by atoms with Gasteiger partial charge in [-0.25, -0.2) is 4.79 Å². The molecule has 0 radical (unpaired) electrons. The minimum Gasteiger partial charge on any atom is -0.479 e. The topological polar surface area (TPSA) is 62.6 Å². The maximum atomic E-state index is 11.3. The zero-order chi connectivity index (χ0) is 11.4. The molecule has 16 heavy (non-hydrogen) atoms. The van der Waals surface area contributed by atoms with E-state index >= 15 is 0 Å². The van der Waals surface area contributed by atoms with Crippen molar-refractivity contribution in [2.75, 3.05) is 24.7 Å². The minimum absolute atomic E-state index is 0.0190. The molecule has 0 aromatic heterocycles. The lowest BCUT2D eigenvalue weighted by Gasteiger charge is -2.12. The fourth-order valence-electron chi connectivity index (χ4n) is 1.47. The van der Waals surface area contributed by atoms with Crippen molar-refractivity contribution in [3.05, 3.63) is 24.3 Å². The maximum Gasteiger partial charge on any atom is 0.414 e. The van der Waals surface area contributed by atoms with Crippen molar-refractivity contribution in [2.24, 2.45) is 0 Å². The molecule has 1 aliphatic heterocycles. The number of carbonyl (C=O) groups excluding carboxylic acids is 1. The van der Waals surface area contributed by atoms with Crippen molar-refractivity contribution in [2.45, 2.75) is 0 Å². The van der Waals surface area contributed by atoms with Crippen LogP contribution in [0.15, 0.2) is 24.3 Å². The summed E-state index contributed by atoms with van der Waals surface area (Å²) >= 11 is 0. The predicted octanol–water partition coefficient (Wildman–Crippen LogP) is 1.55. The van der Waals surface area contributed by atoms with Gasteiger partial charge in [0, 0.05) is 5.69 Å². The zero-order valence-electron chi connectivity index (χ0n) is 8.55. The van der Waals surface area contributed by atoms with Crippen LogP contribution < -0.4 is 9.64 Å². The summed E-state index contributed by atoms with van der Waals surface area (Å²) in [5.74, 6) is 0.609. The molecule has 0 N–H and O–H groups in total. The van der Waals surface area contributed by atoms with Gasteiger partial charge in [0.1, 0.15) is 18.4 Å².